The molecule has 0 unspecified atom stereocenters. The molecule has 0 aromatic heterocycles. The third-order valence-electron chi connectivity index (χ3n) is 1.89. The first-order chi connectivity index (χ1) is 7.51. The fraction of sp³-hybridized carbons (Fsp3) is 0.333. The van der Waals surface area contributed by atoms with Gasteiger partial charge in [-0.3, -0.25) is 0 Å². The van der Waals surface area contributed by atoms with Crippen LogP contribution >= 0.6 is 0 Å². The maximum absolute atomic E-state index is 11.4. The Morgan fingerprint density at radius 2 is 2.19 bits per heavy atom. The molecule has 1 aromatic carbocycles. The van der Waals surface area contributed by atoms with Crippen molar-refractivity contribution in [3.8, 4) is 5.75 Å². The van der Waals surface area contributed by atoms with Crippen molar-refractivity contribution in [3.05, 3.63) is 34.2 Å². The lowest BCUT2D eigenvalue weighted by Gasteiger charge is -2.07. The van der Waals surface area contributed by atoms with Gasteiger partial charge in [0.2, 0.25) is 0 Å². The molecule has 0 atom stereocenters. The molecule has 0 aliphatic heterocycles. The molecule has 0 saturated carbocycles. The summed E-state index contributed by atoms with van der Waals surface area (Å²) in [5, 5.41) is 0. The maximum atomic E-state index is 11.4. The van der Waals surface area contributed by atoms with Gasteiger partial charge in [-0.05, 0) is 43.1 Å². The fourth-order valence-electron chi connectivity index (χ4n) is 1.20. The largest absolute Gasteiger partial charge is 0.494 e. The van der Waals surface area contributed by atoms with Gasteiger partial charge in [-0.1, -0.05) is 0 Å². The molecule has 0 aliphatic rings. The topological polar surface area (TPSA) is 92.1 Å². The summed E-state index contributed by atoms with van der Waals surface area (Å²) >= 11 is 0. The van der Waals surface area contributed by atoms with Crippen molar-refractivity contribution in [2.24, 2.45) is 4.52 Å². The predicted molar refractivity (Wildman–Crippen MR) is 58.7 cm³/mol. The molecule has 0 aliphatic carbocycles. The van der Waals surface area contributed by atoms with E-state index in [2.05, 4.69) is 9.43 Å². The van der Waals surface area contributed by atoms with Crippen LogP contribution in [0.3, 0.4) is 0 Å². The molecule has 0 spiro atoms. The van der Waals surface area contributed by atoms with E-state index >= 15 is 0 Å². The van der Waals surface area contributed by atoms with Gasteiger partial charge in [-0.25, -0.2) is 8.42 Å². The van der Waals surface area contributed by atoms with E-state index in [1.807, 2.05) is 6.92 Å². The fourth-order valence-corrected chi connectivity index (χ4v) is 1.95. The maximum Gasteiger partial charge on any atom is 0.264 e. The van der Waals surface area contributed by atoms with Crippen molar-refractivity contribution in [3.63, 3.8) is 0 Å². The molecule has 86 valence electrons. The van der Waals surface area contributed by atoms with Gasteiger partial charge in [0.15, 0.2) is 0 Å². The van der Waals surface area contributed by atoms with E-state index in [0.29, 0.717) is 17.9 Å². The van der Waals surface area contributed by atoms with Crippen molar-refractivity contribution in [1.82, 2.24) is 0 Å². The predicted octanol–water partition coefficient (Wildman–Crippen LogP) is 2.39. The number of ether oxygens (including phenoxy) is 1. The van der Waals surface area contributed by atoms with Crippen LogP contribution in [0.2, 0.25) is 0 Å². The Labute approximate surface area is 93.5 Å². The molecule has 0 saturated heterocycles. The Hall–Kier alpha value is -1.72. The van der Waals surface area contributed by atoms with Gasteiger partial charge in [-0.2, -0.15) is 0 Å². The minimum absolute atomic E-state index is 0.0359. The first-order valence-electron chi connectivity index (χ1n) is 4.56. The second-order valence-electron chi connectivity index (χ2n) is 3.01. The third kappa shape index (κ3) is 2.65. The van der Waals surface area contributed by atoms with Crippen LogP contribution in [0.4, 0.5) is 0 Å². The van der Waals surface area contributed by atoms with Crippen molar-refractivity contribution < 1.29 is 13.2 Å². The number of hydrogen-bond donors (Lipinski definition) is 0. The average molecular weight is 241 g/mol. The van der Waals surface area contributed by atoms with E-state index in [4.69, 9.17) is 10.3 Å². The van der Waals surface area contributed by atoms with Crippen molar-refractivity contribution in [2.75, 3.05) is 6.61 Å². The smallest absolute Gasteiger partial charge is 0.264 e. The van der Waals surface area contributed by atoms with E-state index in [9.17, 15) is 8.42 Å². The Bertz CT molecular complexity index is 533. The number of azide groups is 1. The highest BCUT2D eigenvalue weighted by atomic mass is 32.2. The van der Waals surface area contributed by atoms with Gasteiger partial charge < -0.3 is 4.74 Å². The minimum Gasteiger partial charge on any atom is -0.494 e. The Morgan fingerprint density at radius 3 is 2.69 bits per heavy atom. The molecule has 0 amide bonds. The summed E-state index contributed by atoms with van der Waals surface area (Å²) in [7, 11) is -3.91. The monoisotopic (exact) mass is 241 g/mol. The highest BCUT2D eigenvalue weighted by Gasteiger charge is 2.13. The number of sulfonamides is 1. The molecule has 1 aromatic rings. The van der Waals surface area contributed by atoms with E-state index in [-0.39, 0.29) is 4.90 Å². The molecule has 7 heteroatoms. The zero-order valence-corrected chi connectivity index (χ0v) is 9.73. The molecular weight excluding hydrogens is 230 g/mol. The first kappa shape index (κ1) is 12.4. The summed E-state index contributed by atoms with van der Waals surface area (Å²) in [6.45, 7) is 4.06. The quantitative estimate of drug-likeness (QED) is 0.460. The van der Waals surface area contributed by atoms with Gasteiger partial charge in [0.25, 0.3) is 10.0 Å². The van der Waals surface area contributed by atoms with Gasteiger partial charge >= 0.3 is 0 Å². The Morgan fingerprint density at radius 1 is 1.50 bits per heavy atom. The van der Waals surface area contributed by atoms with Crippen LogP contribution in [0, 0.1) is 6.92 Å². The van der Waals surface area contributed by atoms with Gasteiger partial charge in [0, 0.05) is 9.43 Å². The van der Waals surface area contributed by atoms with Crippen LogP contribution in [0.5, 0.6) is 5.75 Å². The van der Waals surface area contributed by atoms with E-state index < -0.39 is 10.0 Å². The van der Waals surface area contributed by atoms with Crippen LogP contribution in [-0.2, 0) is 10.0 Å². The second kappa shape index (κ2) is 4.87. The number of nitrogens with zero attached hydrogens (tertiary/aromatic N) is 3. The summed E-state index contributed by atoms with van der Waals surface area (Å²) < 4.78 is 30.8. The van der Waals surface area contributed by atoms with Gasteiger partial charge in [-0.15, -0.1) is 0 Å². The van der Waals surface area contributed by atoms with E-state index in [0.717, 1.165) is 0 Å². The lowest BCUT2D eigenvalue weighted by atomic mass is 10.2. The van der Waals surface area contributed by atoms with Crippen molar-refractivity contribution in [1.29, 1.82) is 0 Å². The summed E-state index contributed by atoms with van der Waals surface area (Å²) in [5.41, 5.74) is 8.80. The highest BCUT2D eigenvalue weighted by molar-refractivity contribution is 7.90. The number of benzene rings is 1. The summed E-state index contributed by atoms with van der Waals surface area (Å²) in [6.07, 6.45) is 0. The number of rotatable bonds is 4. The van der Waals surface area contributed by atoms with Crippen LogP contribution in [0.1, 0.15) is 12.5 Å². The van der Waals surface area contributed by atoms with Crippen LogP contribution < -0.4 is 4.74 Å². The Kier molecular flexibility index (Phi) is 3.76. The lowest BCUT2D eigenvalue weighted by molar-refractivity contribution is 0.337. The SMILES string of the molecule is CCOc1ccc(S(=O)(=O)N=[N+]=[N-])cc1C. The molecular formula is C9H11N3O3S. The first-order valence-corrected chi connectivity index (χ1v) is 6.00. The normalized spacial score (nSPS) is 10.6. The molecule has 16 heavy (non-hydrogen) atoms. The zero-order chi connectivity index (χ0) is 12.2. The van der Waals surface area contributed by atoms with Crippen molar-refractivity contribution in [2.45, 2.75) is 18.7 Å². The number of hydrogen-bond acceptors (Lipinski definition) is 3. The van der Waals surface area contributed by atoms with Crippen LogP contribution in [-0.4, -0.2) is 15.0 Å². The summed E-state index contributed by atoms with van der Waals surface area (Å²) in [5.74, 6) is 0.613. The second-order valence-corrected chi connectivity index (χ2v) is 4.59. The van der Waals surface area contributed by atoms with Gasteiger partial charge in [0.1, 0.15) is 5.75 Å². The third-order valence-corrected chi connectivity index (χ3v) is 3.03. The molecule has 0 N–H and O–H groups in total. The van der Waals surface area contributed by atoms with Crippen molar-refractivity contribution >= 4 is 10.0 Å². The van der Waals surface area contributed by atoms with E-state index in [1.54, 1.807) is 13.0 Å². The number of aryl methyl sites for hydroxylation is 1. The summed E-state index contributed by atoms with van der Waals surface area (Å²) in [6, 6.07) is 4.30. The molecule has 0 radical (unpaired) electrons. The minimum atomic E-state index is -3.91. The lowest BCUT2D eigenvalue weighted by Crippen LogP contribution is -1.98. The molecule has 6 nitrogen and oxygen atoms in total. The molecule has 0 heterocycles. The van der Waals surface area contributed by atoms with Gasteiger partial charge in [0.05, 0.1) is 11.5 Å². The summed E-state index contributed by atoms with van der Waals surface area (Å²) in [4.78, 5) is 2.24. The molecule has 1 rings (SSSR count). The highest BCUT2D eigenvalue weighted by Crippen LogP contribution is 2.22. The Balaban J connectivity index is 3.21. The standard InChI is InChI=1S/C9H11N3O3S/c1-3-15-9-5-4-8(6-7(9)2)16(13,14)12-11-10/h4-6H,3H2,1-2H3. The molecule has 0 bridgehead atoms. The zero-order valence-electron chi connectivity index (χ0n) is 8.91. The van der Waals surface area contributed by atoms with E-state index in [1.165, 1.54) is 12.1 Å². The van der Waals surface area contributed by atoms with Crippen LogP contribution in [0.15, 0.2) is 27.6 Å². The average Bonchev–Trinajstić information content (AvgIpc) is 2.21. The van der Waals surface area contributed by atoms with Crippen LogP contribution in [0.25, 0.3) is 10.4 Å². The molecule has 0 fully saturated rings.